The van der Waals surface area contributed by atoms with E-state index in [9.17, 15) is 9.59 Å². The highest BCUT2D eigenvalue weighted by atomic mass is 35.5. The van der Waals surface area contributed by atoms with Crippen LogP contribution in [0.3, 0.4) is 0 Å². The summed E-state index contributed by atoms with van der Waals surface area (Å²) in [5, 5.41) is 0.611. The second-order valence-corrected chi connectivity index (χ2v) is 7.29. The Morgan fingerprint density at radius 3 is 2.71 bits per heavy atom. The minimum atomic E-state index is -0.547. The van der Waals surface area contributed by atoms with Crippen molar-refractivity contribution in [3.8, 4) is 0 Å². The van der Waals surface area contributed by atoms with E-state index >= 15 is 0 Å². The van der Waals surface area contributed by atoms with Crippen LogP contribution in [0.4, 0.5) is 5.69 Å². The fraction of sp³-hybridized carbons (Fsp3) is 0.316. The van der Waals surface area contributed by atoms with Gasteiger partial charge in [0.05, 0.1) is 17.4 Å². The zero-order valence-electron chi connectivity index (χ0n) is 13.6. The predicted molar refractivity (Wildman–Crippen MR) is 92.8 cm³/mol. The van der Waals surface area contributed by atoms with Crippen molar-refractivity contribution in [1.29, 1.82) is 0 Å². The Morgan fingerprint density at radius 2 is 1.92 bits per heavy atom. The summed E-state index contributed by atoms with van der Waals surface area (Å²) < 4.78 is 0. The van der Waals surface area contributed by atoms with Crippen molar-refractivity contribution in [2.45, 2.75) is 38.6 Å². The van der Waals surface area contributed by atoms with Gasteiger partial charge in [0.25, 0.3) is 5.91 Å². The second-order valence-electron chi connectivity index (χ2n) is 6.85. The standard InChI is InChI=1S/C19H17ClN2O2/c1-19(2)15-8-11(20)6-7-13(15)18(24)22(19)16-10-21-9-14-12(16)4-3-5-17(14)23/h6-10H,3-5H2,1-2H3. The first-order chi connectivity index (χ1) is 11.4. The Kier molecular flexibility index (Phi) is 3.29. The van der Waals surface area contributed by atoms with Gasteiger partial charge in [-0.15, -0.1) is 0 Å². The van der Waals surface area contributed by atoms with Gasteiger partial charge in [0.1, 0.15) is 0 Å². The Morgan fingerprint density at radius 1 is 1.12 bits per heavy atom. The minimum Gasteiger partial charge on any atom is -0.297 e. The van der Waals surface area contributed by atoms with Crippen LogP contribution < -0.4 is 4.90 Å². The molecule has 0 radical (unpaired) electrons. The summed E-state index contributed by atoms with van der Waals surface area (Å²) in [5.74, 6) is 0.0375. The molecule has 0 saturated heterocycles. The molecule has 2 heterocycles. The summed E-state index contributed by atoms with van der Waals surface area (Å²) >= 11 is 6.14. The molecular weight excluding hydrogens is 324 g/mol. The van der Waals surface area contributed by atoms with Gasteiger partial charge >= 0.3 is 0 Å². The smallest absolute Gasteiger partial charge is 0.259 e. The number of amides is 1. The van der Waals surface area contributed by atoms with E-state index in [-0.39, 0.29) is 11.7 Å². The molecule has 1 aliphatic carbocycles. The van der Waals surface area contributed by atoms with Gasteiger partial charge in [-0.3, -0.25) is 19.5 Å². The van der Waals surface area contributed by atoms with E-state index in [2.05, 4.69) is 4.98 Å². The van der Waals surface area contributed by atoms with Gasteiger partial charge < -0.3 is 0 Å². The third-order valence-electron chi connectivity index (χ3n) is 5.04. The van der Waals surface area contributed by atoms with E-state index in [1.807, 2.05) is 19.9 Å². The molecule has 1 aromatic heterocycles. The largest absolute Gasteiger partial charge is 0.297 e. The minimum absolute atomic E-state index is 0.0695. The molecule has 0 unspecified atom stereocenters. The third kappa shape index (κ3) is 2.02. The van der Waals surface area contributed by atoms with Crippen LogP contribution in [0, 0.1) is 0 Å². The van der Waals surface area contributed by atoms with Gasteiger partial charge in [-0.25, -0.2) is 0 Å². The number of nitrogens with zero attached hydrogens (tertiary/aromatic N) is 2. The maximum Gasteiger partial charge on any atom is 0.259 e. The van der Waals surface area contributed by atoms with Crippen LogP contribution in [-0.4, -0.2) is 16.7 Å². The molecule has 1 aromatic carbocycles. The molecule has 0 bridgehead atoms. The first-order valence-corrected chi connectivity index (χ1v) is 8.43. The van der Waals surface area contributed by atoms with Crippen molar-refractivity contribution in [2.24, 2.45) is 0 Å². The molecule has 0 saturated carbocycles. The highest BCUT2D eigenvalue weighted by molar-refractivity contribution is 6.31. The fourth-order valence-electron chi connectivity index (χ4n) is 3.85. The van der Waals surface area contributed by atoms with Gasteiger partial charge in [0.2, 0.25) is 0 Å². The lowest BCUT2D eigenvalue weighted by Crippen LogP contribution is -2.40. The van der Waals surface area contributed by atoms with E-state index in [1.54, 1.807) is 29.4 Å². The third-order valence-corrected chi connectivity index (χ3v) is 5.28. The molecule has 122 valence electrons. The molecule has 0 atom stereocenters. The quantitative estimate of drug-likeness (QED) is 0.783. The summed E-state index contributed by atoms with van der Waals surface area (Å²) in [6, 6.07) is 5.36. The number of anilines is 1. The average molecular weight is 341 g/mol. The zero-order chi connectivity index (χ0) is 17.1. The lowest BCUT2D eigenvalue weighted by Gasteiger charge is -2.34. The Bertz CT molecular complexity index is 889. The number of hydrogen-bond donors (Lipinski definition) is 0. The topological polar surface area (TPSA) is 50.3 Å². The van der Waals surface area contributed by atoms with E-state index in [0.29, 0.717) is 22.6 Å². The van der Waals surface area contributed by atoms with Gasteiger partial charge in [-0.05, 0) is 56.0 Å². The van der Waals surface area contributed by atoms with Gasteiger partial charge in [0.15, 0.2) is 5.78 Å². The highest BCUT2D eigenvalue weighted by Gasteiger charge is 2.45. The van der Waals surface area contributed by atoms with Crippen LogP contribution >= 0.6 is 11.6 Å². The van der Waals surface area contributed by atoms with Crippen molar-refractivity contribution in [1.82, 2.24) is 4.98 Å². The number of carbonyl (C=O) groups excluding carboxylic acids is 2. The van der Waals surface area contributed by atoms with Crippen LogP contribution in [0.1, 0.15) is 58.5 Å². The predicted octanol–water partition coefficient (Wildman–Crippen LogP) is 4.15. The van der Waals surface area contributed by atoms with Crippen molar-refractivity contribution < 1.29 is 9.59 Å². The molecule has 0 N–H and O–H groups in total. The maximum absolute atomic E-state index is 13.1. The maximum atomic E-state index is 13.1. The number of halogens is 1. The molecule has 1 aliphatic heterocycles. The van der Waals surface area contributed by atoms with Crippen molar-refractivity contribution in [2.75, 3.05) is 4.90 Å². The molecule has 2 aromatic rings. The fourth-order valence-corrected chi connectivity index (χ4v) is 4.02. The summed E-state index contributed by atoms with van der Waals surface area (Å²) in [4.78, 5) is 31.3. The van der Waals surface area contributed by atoms with Crippen molar-refractivity contribution in [3.63, 3.8) is 0 Å². The number of rotatable bonds is 1. The highest BCUT2D eigenvalue weighted by Crippen LogP contribution is 2.44. The van der Waals surface area contributed by atoms with Crippen LogP contribution in [-0.2, 0) is 12.0 Å². The lowest BCUT2D eigenvalue weighted by atomic mass is 9.89. The summed E-state index contributed by atoms with van der Waals surface area (Å²) in [5.41, 5.74) is 3.33. The second kappa shape index (κ2) is 5.15. The number of ketones is 1. The number of pyridine rings is 1. The molecule has 1 amide bonds. The Labute approximate surface area is 145 Å². The number of hydrogen-bond acceptors (Lipinski definition) is 3. The molecule has 0 spiro atoms. The lowest BCUT2D eigenvalue weighted by molar-refractivity contribution is 0.0962. The average Bonchev–Trinajstić information content (AvgIpc) is 2.74. The molecule has 5 heteroatoms. The van der Waals surface area contributed by atoms with Crippen LogP contribution in [0.2, 0.25) is 5.02 Å². The van der Waals surface area contributed by atoms with Crippen molar-refractivity contribution in [3.05, 3.63) is 57.9 Å². The van der Waals surface area contributed by atoms with E-state index < -0.39 is 5.54 Å². The van der Waals surface area contributed by atoms with E-state index in [1.165, 1.54) is 0 Å². The van der Waals surface area contributed by atoms with E-state index in [0.717, 1.165) is 29.7 Å². The SMILES string of the molecule is CC1(C)c2cc(Cl)ccc2C(=O)N1c1cncc2c1CCCC2=O. The Balaban J connectivity index is 1.92. The zero-order valence-corrected chi connectivity index (χ0v) is 14.4. The summed E-state index contributed by atoms with van der Waals surface area (Å²) in [6.07, 6.45) is 5.47. The monoisotopic (exact) mass is 340 g/mol. The normalized spacial score (nSPS) is 18.5. The molecular formula is C19H17ClN2O2. The van der Waals surface area contributed by atoms with Crippen LogP contribution in [0.25, 0.3) is 0 Å². The number of Topliss-reactive ketones (excluding diaryl/α,β-unsaturated/α-hetero) is 1. The molecule has 24 heavy (non-hydrogen) atoms. The number of fused-ring (bicyclic) bond motifs is 2. The van der Waals surface area contributed by atoms with Crippen molar-refractivity contribution >= 4 is 29.0 Å². The molecule has 2 aliphatic rings. The Hall–Kier alpha value is -2.20. The van der Waals surface area contributed by atoms with Crippen LogP contribution in [0.5, 0.6) is 0 Å². The molecule has 4 rings (SSSR count). The molecule has 0 fully saturated rings. The summed E-state index contributed by atoms with van der Waals surface area (Å²) in [7, 11) is 0. The number of benzene rings is 1. The van der Waals surface area contributed by atoms with E-state index in [4.69, 9.17) is 11.6 Å². The first kappa shape index (κ1) is 15.3. The summed E-state index contributed by atoms with van der Waals surface area (Å²) in [6.45, 7) is 3.99. The number of aromatic nitrogens is 1. The van der Waals surface area contributed by atoms with Gasteiger partial charge in [-0.1, -0.05) is 11.6 Å². The van der Waals surface area contributed by atoms with Crippen LogP contribution in [0.15, 0.2) is 30.6 Å². The number of carbonyl (C=O) groups is 2. The first-order valence-electron chi connectivity index (χ1n) is 8.06. The van der Waals surface area contributed by atoms with Gasteiger partial charge in [-0.2, -0.15) is 0 Å². The molecule has 4 nitrogen and oxygen atoms in total. The van der Waals surface area contributed by atoms with Gasteiger partial charge in [0, 0.05) is 28.8 Å².